The molecule has 1 unspecified atom stereocenters. The van der Waals surface area contributed by atoms with E-state index >= 15 is 0 Å². The molecule has 2 rings (SSSR count). The zero-order valence-electron chi connectivity index (χ0n) is 10.7. The number of hydrogen-bond acceptors (Lipinski definition) is 3. The molecule has 2 aromatic heterocycles. The number of hydrogen-bond donors (Lipinski definition) is 1. The van der Waals surface area contributed by atoms with Gasteiger partial charge in [0.2, 0.25) is 0 Å². The van der Waals surface area contributed by atoms with Gasteiger partial charge >= 0.3 is 5.69 Å². The fraction of sp³-hybridized carbons (Fsp3) is 0.333. The molecule has 2 atom stereocenters. The average Bonchev–Trinajstić information content (AvgIpc) is 2.63. The van der Waals surface area contributed by atoms with Gasteiger partial charge in [-0.05, 0) is 26.8 Å². The standard InChI is InChI=1S/C12H15N4OP/c1-7(2)5-9-6-13-10-11(14-9)16(8(3)18-4)12(17)15-10/h5-6,8H,4H2,1-3H3,(H,13,15,17)/p+1/t8-/m1/s1. The van der Waals surface area contributed by atoms with Gasteiger partial charge in [0.05, 0.1) is 26.4 Å². The first kappa shape index (κ1) is 12.7. The fourth-order valence-corrected chi connectivity index (χ4v) is 2.14. The molecule has 6 heteroatoms. The van der Waals surface area contributed by atoms with Crippen LogP contribution in [0.3, 0.4) is 0 Å². The Morgan fingerprint density at radius 2 is 2.33 bits per heavy atom. The van der Waals surface area contributed by atoms with Crippen LogP contribution in [-0.4, -0.2) is 25.8 Å². The minimum absolute atomic E-state index is 0.0301. The first-order valence-corrected chi connectivity index (χ1v) is 6.96. The van der Waals surface area contributed by atoms with E-state index in [-0.39, 0.29) is 11.5 Å². The molecular formula is C12H16N4OP+. The highest BCUT2D eigenvalue weighted by atomic mass is 31.1. The molecule has 5 nitrogen and oxygen atoms in total. The Hall–Kier alpha value is -1.74. The van der Waals surface area contributed by atoms with Crippen molar-refractivity contribution in [3.05, 3.63) is 27.9 Å². The lowest BCUT2D eigenvalue weighted by molar-refractivity contribution is 0.723. The van der Waals surface area contributed by atoms with E-state index in [0.717, 1.165) is 11.3 Å². The Balaban J connectivity index is 2.70. The maximum atomic E-state index is 11.9. The van der Waals surface area contributed by atoms with Crippen molar-refractivity contribution in [1.29, 1.82) is 0 Å². The zero-order valence-corrected chi connectivity index (χ0v) is 11.7. The number of nitrogens with zero attached hydrogens (tertiary/aromatic N) is 3. The number of nitrogens with one attached hydrogen (secondary N) is 1. The molecule has 0 aliphatic rings. The van der Waals surface area contributed by atoms with Crippen LogP contribution in [-0.2, 0) is 0 Å². The Kier molecular flexibility index (Phi) is 3.43. The molecule has 0 saturated heterocycles. The Morgan fingerprint density at radius 3 is 2.94 bits per heavy atom. The number of imidazole rings is 1. The van der Waals surface area contributed by atoms with E-state index in [0.29, 0.717) is 19.5 Å². The quantitative estimate of drug-likeness (QED) is 0.863. The molecule has 0 spiro atoms. The van der Waals surface area contributed by atoms with Crippen molar-refractivity contribution in [3.63, 3.8) is 0 Å². The predicted molar refractivity (Wildman–Crippen MR) is 77.6 cm³/mol. The number of H-pyrrole nitrogens is 1. The Labute approximate surface area is 106 Å². The molecule has 0 fully saturated rings. The Morgan fingerprint density at radius 1 is 1.61 bits per heavy atom. The smallest absolute Gasteiger partial charge is 0.289 e. The summed E-state index contributed by atoms with van der Waals surface area (Å²) in [7, 11) is 0.388. The van der Waals surface area contributed by atoms with Crippen LogP contribution < -0.4 is 5.69 Å². The number of aromatic amines is 1. The average molecular weight is 263 g/mol. The first-order valence-electron chi connectivity index (χ1n) is 5.67. The summed E-state index contributed by atoms with van der Waals surface area (Å²) < 4.78 is 1.62. The van der Waals surface area contributed by atoms with E-state index < -0.39 is 0 Å². The van der Waals surface area contributed by atoms with Gasteiger partial charge in [0, 0.05) is 0 Å². The second-order valence-corrected chi connectivity index (χ2v) is 5.61. The van der Waals surface area contributed by atoms with E-state index in [4.69, 9.17) is 0 Å². The van der Waals surface area contributed by atoms with Crippen LogP contribution in [0.5, 0.6) is 0 Å². The SMILES string of the molecule is C=[PH+][C@H](C)n1c(=O)[nH]c2ncc(C=C(C)C)nc21. The van der Waals surface area contributed by atoms with Crippen molar-refractivity contribution in [2.75, 3.05) is 0 Å². The number of aromatic nitrogens is 4. The molecule has 0 saturated carbocycles. The summed E-state index contributed by atoms with van der Waals surface area (Å²) in [5.41, 5.74) is 2.84. The first-order chi connectivity index (χ1) is 8.52. The molecule has 2 aromatic rings. The van der Waals surface area contributed by atoms with Gasteiger partial charge in [-0.25, -0.2) is 19.3 Å². The number of rotatable bonds is 3. The third-order valence-corrected chi connectivity index (χ3v) is 3.41. The molecule has 0 aliphatic heterocycles. The van der Waals surface area contributed by atoms with Crippen LogP contribution in [0, 0.1) is 0 Å². The van der Waals surface area contributed by atoms with E-state index in [2.05, 4.69) is 21.3 Å². The van der Waals surface area contributed by atoms with Crippen LogP contribution >= 0.6 is 8.20 Å². The summed E-state index contributed by atoms with van der Waals surface area (Å²) in [5.74, 6) is 0.0301. The highest BCUT2D eigenvalue weighted by Crippen LogP contribution is 2.20. The molecule has 0 amide bonds. The fourth-order valence-electron chi connectivity index (χ4n) is 1.72. The van der Waals surface area contributed by atoms with Gasteiger partial charge in [0.25, 0.3) is 0 Å². The maximum Gasteiger partial charge on any atom is 0.332 e. The van der Waals surface area contributed by atoms with Gasteiger partial charge in [-0.15, -0.1) is 0 Å². The van der Waals surface area contributed by atoms with Crippen LogP contribution in [0.15, 0.2) is 16.6 Å². The molecule has 0 bridgehead atoms. The highest BCUT2D eigenvalue weighted by Gasteiger charge is 2.17. The van der Waals surface area contributed by atoms with E-state index in [1.54, 1.807) is 10.8 Å². The summed E-state index contributed by atoms with van der Waals surface area (Å²) in [4.78, 5) is 23.3. The lowest BCUT2D eigenvalue weighted by atomic mass is 10.3. The van der Waals surface area contributed by atoms with Crippen LogP contribution in [0.1, 0.15) is 32.2 Å². The summed E-state index contributed by atoms with van der Waals surface area (Å²) in [5, 5.41) is 0. The van der Waals surface area contributed by atoms with Crippen molar-refractivity contribution >= 4 is 31.9 Å². The normalized spacial score (nSPS) is 12.8. The van der Waals surface area contributed by atoms with Gasteiger partial charge in [-0.2, -0.15) is 0 Å². The monoisotopic (exact) mass is 263 g/mol. The van der Waals surface area contributed by atoms with E-state index in [1.807, 2.05) is 26.8 Å². The van der Waals surface area contributed by atoms with Gasteiger partial charge in [-0.1, -0.05) is 5.57 Å². The largest absolute Gasteiger partial charge is 0.332 e. The van der Waals surface area contributed by atoms with Crippen molar-refractivity contribution in [3.8, 4) is 0 Å². The van der Waals surface area contributed by atoms with Crippen molar-refractivity contribution in [1.82, 2.24) is 19.5 Å². The summed E-state index contributed by atoms with van der Waals surface area (Å²) in [6.07, 6.45) is 7.45. The molecule has 94 valence electrons. The van der Waals surface area contributed by atoms with Crippen molar-refractivity contribution < 1.29 is 0 Å². The molecular weight excluding hydrogens is 247 g/mol. The molecule has 18 heavy (non-hydrogen) atoms. The molecule has 0 radical (unpaired) electrons. The highest BCUT2D eigenvalue weighted by molar-refractivity contribution is 7.36. The molecule has 1 N–H and O–H groups in total. The predicted octanol–water partition coefficient (Wildman–Crippen LogP) is 2.17. The van der Waals surface area contributed by atoms with Crippen LogP contribution in [0.2, 0.25) is 0 Å². The van der Waals surface area contributed by atoms with Gasteiger partial charge in [0.15, 0.2) is 17.1 Å². The minimum Gasteiger partial charge on any atom is -0.289 e. The Bertz CT molecular complexity index is 679. The molecule has 0 aromatic carbocycles. The number of allylic oxidation sites excluding steroid dienone is 1. The second kappa shape index (κ2) is 4.86. The van der Waals surface area contributed by atoms with Crippen molar-refractivity contribution in [2.45, 2.75) is 26.6 Å². The lowest BCUT2D eigenvalue weighted by Gasteiger charge is -2.01. The minimum atomic E-state index is -0.178. The topological polar surface area (TPSA) is 63.6 Å². The summed E-state index contributed by atoms with van der Waals surface area (Å²) in [6, 6.07) is 0. The summed E-state index contributed by atoms with van der Waals surface area (Å²) in [6.45, 7) is 5.95. The van der Waals surface area contributed by atoms with Gasteiger partial charge in [-0.3, -0.25) is 4.98 Å². The number of fused-ring (bicyclic) bond motifs is 1. The van der Waals surface area contributed by atoms with Crippen LogP contribution in [0.4, 0.5) is 0 Å². The molecule has 0 aliphatic carbocycles. The van der Waals surface area contributed by atoms with Crippen LogP contribution in [0.25, 0.3) is 17.4 Å². The van der Waals surface area contributed by atoms with E-state index in [9.17, 15) is 4.79 Å². The van der Waals surface area contributed by atoms with Gasteiger partial charge in [0.1, 0.15) is 0 Å². The van der Waals surface area contributed by atoms with Crippen molar-refractivity contribution in [2.24, 2.45) is 0 Å². The summed E-state index contributed by atoms with van der Waals surface area (Å²) >= 11 is 0. The molecule has 2 heterocycles. The van der Waals surface area contributed by atoms with Gasteiger partial charge < -0.3 is 0 Å². The lowest BCUT2D eigenvalue weighted by Crippen LogP contribution is -2.17. The van der Waals surface area contributed by atoms with E-state index in [1.165, 1.54) is 0 Å². The third kappa shape index (κ3) is 2.27. The maximum absolute atomic E-state index is 11.9. The second-order valence-electron chi connectivity index (χ2n) is 4.37. The zero-order chi connectivity index (χ0) is 13.3. The third-order valence-electron chi connectivity index (χ3n) is 2.56.